The monoisotopic (exact) mass is 325 g/mol. The number of fused-ring (bicyclic) bond motifs is 1. The van der Waals surface area contributed by atoms with E-state index in [1.807, 2.05) is 18.2 Å². The van der Waals surface area contributed by atoms with Gasteiger partial charge >= 0.3 is 0 Å². The summed E-state index contributed by atoms with van der Waals surface area (Å²) < 4.78 is 15.0. The normalized spacial score (nSPS) is 11.0. The van der Waals surface area contributed by atoms with Crippen molar-refractivity contribution in [2.75, 3.05) is 5.32 Å². The van der Waals surface area contributed by atoms with Gasteiger partial charge in [0.05, 0.1) is 11.9 Å². The maximum Gasteiger partial charge on any atom is 0.214 e. The van der Waals surface area contributed by atoms with Gasteiger partial charge < -0.3 is 5.32 Å². The molecule has 0 atom stereocenters. The van der Waals surface area contributed by atoms with Gasteiger partial charge in [-0.15, -0.1) is 5.10 Å². The lowest BCUT2D eigenvalue weighted by atomic mass is 10.2. The largest absolute Gasteiger partial charge is 0.356 e. The predicted octanol–water partition coefficient (Wildman–Crippen LogP) is 3.60. The van der Waals surface area contributed by atoms with Gasteiger partial charge in [-0.05, 0) is 29.8 Å². The van der Waals surface area contributed by atoms with Crippen LogP contribution in [0.2, 0.25) is 0 Å². The third-order valence-electron chi connectivity index (χ3n) is 3.36. The first-order valence-corrected chi connectivity index (χ1v) is 7.84. The highest BCUT2D eigenvalue weighted by molar-refractivity contribution is 7.20. The second kappa shape index (κ2) is 5.77. The molecule has 0 amide bonds. The third-order valence-corrected chi connectivity index (χ3v) is 4.24. The molecule has 4 rings (SSSR count). The van der Waals surface area contributed by atoms with Crippen LogP contribution in [-0.2, 0) is 6.54 Å². The Morgan fingerprint density at radius 2 is 2.04 bits per heavy atom. The zero-order chi connectivity index (χ0) is 15.6. The zero-order valence-corrected chi connectivity index (χ0v) is 12.8. The average molecular weight is 325 g/mol. The Bertz CT molecular complexity index is 916. The molecule has 0 bridgehead atoms. The maximum atomic E-state index is 13.3. The molecule has 0 aliphatic heterocycles. The summed E-state index contributed by atoms with van der Waals surface area (Å²) in [6, 6.07) is 10.3. The van der Waals surface area contributed by atoms with Crippen LogP contribution in [0.4, 0.5) is 9.52 Å². The van der Waals surface area contributed by atoms with Crippen molar-refractivity contribution in [3.63, 3.8) is 0 Å². The van der Waals surface area contributed by atoms with E-state index in [1.165, 1.54) is 23.5 Å². The summed E-state index contributed by atoms with van der Waals surface area (Å²) in [6.45, 7) is 0.677. The van der Waals surface area contributed by atoms with Gasteiger partial charge in [-0.3, -0.25) is 4.98 Å². The van der Waals surface area contributed by atoms with Crippen LogP contribution >= 0.6 is 11.3 Å². The van der Waals surface area contributed by atoms with Crippen molar-refractivity contribution in [2.24, 2.45) is 0 Å². The highest BCUT2D eigenvalue weighted by Gasteiger charge is 2.10. The molecule has 0 fully saturated rings. The van der Waals surface area contributed by atoms with Crippen LogP contribution in [0.15, 0.2) is 55.0 Å². The first kappa shape index (κ1) is 13.8. The number of benzene rings is 1. The lowest BCUT2D eigenvalue weighted by molar-refractivity contribution is 0.628. The molecule has 0 saturated carbocycles. The van der Waals surface area contributed by atoms with Crippen LogP contribution in [0.1, 0.15) is 5.56 Å². The molecule has 0 aliphatic rings. The number of imidazole rings is 1. The van der Waals surface area contributed by atoms with Crippen LogP contribution in [0.25, 0.3) is 16.2 Å². The van der Waals surface area contributed by atoms with Crippen LogP contribution in [0.3, 0.4) is 0 Å². The Morgan fingerprint density at radius 1 is 1.17 bits per heavy atom. The summed E-state index contributed by atoms with van der Waals surface area (Å²) >= 11 is 1.46. The molecule has 0 unspecified atom stereocenters. The fourth-order valence-corrected chi connectivity index (χ4v) is 3.01. The van der Waals surface area contributed by atoms with E-state index in [9.17, 15) is 4.39 Å². The first-order chi connectivity index (χ1) is 11.3. The zero-order valence-electron chi connectivity index (χ0n) is 12.0. The Labute approximate surface area is 135 Å². The summed E-state index contributed by atoms with van der Waals surface area (Å²) in [6.07, 6.45) is 5.33. The fourth-order valence-electron chi connectivity index (χ4n) is 2.24. The van der Waals surface area contributed by atoms with Gasteiger partial charge in [0.1, 0.15) is 5.82 Å². The Balaban J connectivity index is 1.55. The molecule has 7 heteroatoms. The smallest absolute Gasteiger partial charge is 0.214 e. The number of hydrogen-bond donors (Lipinski definition) is 1. The van der Waals surface area contributed by atoms with Gasteiger partial charge in [-0.25, -0.2) is 13.9 Å². The summed E-state index contributed by atoms with van der Waals surface area (Å²) in [4.78, 5) is 9.26. The minimum Gasteiger partial charge on any atom is -0.356 e. The van der Waals surface area contributed by atoms with E-state index in [-0.39, 0.29) is 5.82 Å². The molecule has 5 nitrogen and oxygen atoms in total. The summed E-state index contributed by atoms with van der Waals surface area (Å²) in [5, 5.41) is 8.50. The van der Waals surface area contributed by atoms with E-state index < -0.39 is 0 Å². The van der Waals surface area contributed by atoms with Gasteiger partial charge in [0.2, 0.25) is 10.1 Å². The number of anilines is 1. The number of nitrogens with one attached hydrogen (secondary N) is 1. The van der Waals surface area contributed by atoms with E-state index in [2.05, 4.69) is 20.4 Å². The average Bonchev–Trinajstić information content (AvgIpc) is 3.12. The molecule has 3 heterocycles. The number of rotatable bonds is 4. The van der Waals surface area contributed by atoms with Gasteiger partial charge in [0.25, 0.3) is 0 Å². The van der Waals surface area contributed by atoms with Crippen molar-refractivity contribution in [1.82, 2.24) is 19.6 Å². The molecule has 1 N–H and O–H groups in total. The van der Waals surface area contributed by atoms with E-state index in [4.69, 9.17) is 0 Å². The minimum absolute atomic E-state index is 0.272. The van der Waals surface area contributed by atoms with Crippen LogP contribution in [-0.4, -0.2) is 19.6 Å². The Hall–Kier alpha value is -2.80. The van der Waals surface area contributed by atoms with E-state index in [0.29, 0.717) is 12.2 Å². The molecule has 1 aromatic carbocycles. The van der Waals surface area contributed by atoms with Gasteiger partial charge in [0, 0.05) is 24.5 Å². The minimum atomic E-state index is -0.272. The topological polar surface area (TPSA) is 55.1 Å². The molecular weight excluding hydrogens is 313 g/mol. The van der Waals surface area contributed by atoms with E-state index in [0.717, 1.165) is 21.2 Å². The van der Waals surface area contributed by atoms with Crippen LogP contribution < -0.4 is 5.32 Å². The highest BCUT2D eigenvalue weighted by Crippen LogP contribution is 2.25. The van der Waals surface area contributed by atoms with Crippen LogP contribution in [0, 0.1) is 5.82 Å². The standard InChI is InChI=1S/C16H12FN5S/c17-13-3-1-2-12(8-13)14-10-22-16(20-14)23-15(21-22)19-9-11-4-6-18-7-5-11/h1-8,10H,9H2,(H,19,21). The van der Waals surface area contributed by atoms with Crippen LogP contribution in [0.5, 0.6) is 0 Å². The number of halogens is 1. The van der Waals surface area contributed by atoms with Gasteiger partial charge in [0.15, 0.2) is 0 Å². The second-order valence-electron chi connectivity index (χ2n) is 4.98. The Morgan fingerprint density at radius 3 is 2.83 bits per heavy atom. The molecule has 0 saturated heterocycles. The van der Waals surface area contributed by atoms with E-state index in [1.54, 1.807) is 29.2 Å². The molecule has 114 valence electrons. The SMILES string of the molecule is Fc1cccc(-c2cn3nc(NCc4ccncc4)sc3n2)c1. The summed E-state index contributed by atoms with van der Waals surface area (Å²) in [7, 11) is 0. The number of nitrogens with zero attached hydrogens (tertiary/aromatic N) is 4. The van der Waals surface area contributed by atoms with Crippen molar-refractivity contribution < 1.29 is 4.39 Å². The molecule has 23 heavy (non-hydrogen) atoms. The maximum absolute atomic E-state index is 13.3. The van der Waals surface area contributed by atoms with Crippen molar-refractivity contribution >= 4 is 21.4 Å². The number of hydrogen-bond acceptors (Lipinski definition) is 5. The van der Waals surface area contributed by atoms with Crippen molar-refractivity contribution in [2.45, 2.75) is 6.54 Å². The van der Waals surface area contributed by atoms with Gasteiger partial charge in [-0.2, -0.15) is 0 Å². The highest BCUT2D eigenvalue weighted by atomic mass is 32.1. The quantitative estimate of drug-likeness (QED) is 0.623. The summed E-state index contributed by atoms with van der Waals surface area (Å²) in [5.41, 5.74) is 2.59. The molecule has 0 radical (unpaired) electrons. The van der Waals surface area contributed by atoms with Crippen molar-refractivity contribution in [1.29, 1.82) is 0 Å². The predicted molar refractivity (Wildman–Crippen MR) is 87.8 cm³/mol. The summed E-state index contributed by atoms with van der Waals surface area (Å²) in [5.74, 6) is -0.272. The number of pyridine rings is 1. The van der Waals surface area contributed by atoms with Gasteiger partial charge in [-0.1, -0.05) is 23.5 Å². The molecular formula is C16H12FN5S. The molecule has 3 aromatic heterocycles. The molecule has 4 aromatic rings. The lowest BCUT2D eigenvalue weighted by Crippen LogP contribution is -1.99. The molecule has 0 aliphatic carbocycles. The second-order valence-corrected chi connectivity index (χ2v) is 5.94. The third kappa shape index (κ3) is 2.91. The molecule has 0 spiro atoms. The van der Waals surface area contributed by atoms with E-state index >= 15 is 0 Å². The lowest BCUT2D eigenvalue weighted by Gasteiger charge is -2.00. The first-order valence-electron chi connectivity index (χ1n) is 7.03. The van der Waals surface area contributed by atoms with Crippen molar-refractivity contribution in [3.8, 4) is 11.3 Å². The Kier molecular flexibility index (Phi) is 3.47. The number of aromatic nitrogens is 4. The fraction of sp³-hybridized carbons (Fsp3) is 0.0625. The van der Waals surface area contributed by atoms with Crippen molar-refractivity contribution in [3.05, 3.63) is 66.4 Å².